The summed E-state index contributed by atoms with van der Waals surface area (Å²) in [4.78, 5) is 11.0. The van der Waals surface area contributed by atoms with Gasteiger partial charge in [0.2, 0.25) is 0 Å². The van der Waals surface area contributed by atoms with E-state index in [-0.39, 0.29) is 10.8 Å². The molecule has 1 saturated carbocycles. The number of hydrogen-bond acceptors (Lipinski definition) is 1. The molecule has 4 rings (SSSR count). The van der Waals surface area contributed by atoms with E-state index < -0.39 is 5.97 Å². The Bertz CT molecular complexity index is 961. The van der Waals surface area contributed by atoms with Crippen LogP contribution >= 0.6 is 0 Å². The Morgan fingerprint density at radius 1 is 0.966 bits per heavy atom. The van der Waals surface area contributed by atoms with Gasteiger partial charge in [-0.15, -0.1) is 0 Å². The second-order valence-electron chi connectivity index (χ2n) is 10.2. The number of benzene rings is 2. The maximum absolute atomic E-state index is 11.0. The van der Waals surface area contributed by atoms with Crippen molar-refractivity contribution in [1.29, 1.82) is 0 Å². The molecule has 0 bridgehead atoms. The predicted octanol–water partition coefficient (Wildman–Crippen LogP) is 7.08. The van der Waals surface area contributed by atoms with Gasteiger partial charge in [-0.25, -0.2) is 4.79 Å². The summed E-state index contributed by atoms with van der Waals surface area (Å²) >= 11 is 0. The van der Waals surface area contributed by atoms with E-state index in [1.807, 2.05) is 12.1 Å². The van der Waals surface area contributed by atoms with E-state index in [0.29, 0.717) is 11.5 Å². The van der Waals surface area contributed by atoms with E-state index in [1.54, 1.807) is 17.7 Å². The van der Waals surface area contributed by atoms with Crippen molar-refractivity contribution >= 4 is 12.0 Å². The Labute approximate surface area is 174 Å². The number of fused-ring (bicyclic) bond motifs is 1. The molecule has 0 aromatic heterocycles. The molecule has 0 saturated heterocycles. The SMILES string of the molecule is CC1(C)CCC(C)(C)c2cc(C3CC/C(=C/c4ccc(C(=O)O)cc4)C3)ccc21. The summed E-state index contributed by atoms with van der Waals surface area (Å²) in [6.07, 6.45) is 8.17. The molecule has 0 aliphatic heterocycles. The number of allylic oxidation sites excluding steroid dienone is 1. The summed E-state index contributed by atoms with van der Waals surface area (Å²) in [5, 5.41) is 9.06. The number of carboxylic acid groups (broad SMARTS) is 1. The summed E-state index contributed by atoms with van der Waals surface area (Å²) in [5.74, 6) is -0.283. The fraction of sp³-hybridized carbons (Fsp3) is 0.444. The largest absolute Gasteiger partial charge is 0.478 e. The number of hydrogen-bond donors (Lipinski definition) is 1. The lowest BCUT2D eigenvalue weighted by atomic mass is 9.62. The minimum absolute atomic E-state index is 0.254. The van der Waals surface area contributed by atoms with Gasteiger partial charge in [0, 0.05) is 0 Å². The maximum atomic E-state index is 11.0. The average Bonchev–Trinajstić information content (AvgIpc) is 3.14. The van der Waals surface area contributed by atoms with Gasteiger partial charge in [-0.1, -0.05) is 69.7 Å². The van der Waals surface area contributed by atoms with Crippen LogP contribution in [-0.2, 0) is 10.8 Å². The Morgan fingerprint density at radius 3 is 2.28 bits per heavy atom. The van der Waals surface area contributed by atoms with Gasteiger partial charge in [-0.2, -0.15) is 0 Å². The van der Waals surface area contributed by atoms with Crippen molar-refractivity contribution in [3.8, 4) is 0 Å². The van der Waals surface area contributed by atoms with Gasteiger partial charge in [-0.05, 0) is 83.2 Å². The number of carbonyl (C=O) groups is 1. The van der Waals surface area contributed by atoms with E-state index in [0.717, 1.165) is 18.4 Å². The van der Waals surface area contributed by atoms with Gasteiger partial charge < -0.3 is 5.11 Å². The van der Waals surface area contributed by atoms with Crippen LogP contribution in [0.25, 0.3) is 6.08 Å². The van der Waals surface area contributed by atoms with E-state index in [1.165, 1.54) is 36.0 Å². The Kier molecular flexibility index (Phi) is 4.93. The molecule has 2 aromatic carbocycles. The fourth-order valence-electron chi connectivity index (χ4n) is 5.11. The summed E-state index contributed by atoms with van der Waals surface area (Å²) in [5.41, 5.74) is 8.00. The number of aromatic carboxylic acids is 1. The fourth-order valence-corrected chi connectivity index (χ4v) is 5.11. The minimum atomic E-state index is -0.872. The van der Waals surface area contributed by atoms with E-state index in [2.05, 4.69) is 52.0 Å². The van der Waals surface area contributed by atoms with Crippen LogP contribution in [0.3, 0.4) is 0 Å². The van der Waals surface area contributed by atoms with Gasteiger partial charge >= 0.3 is 5.97 Å². The standard InChI is InChI=1S/C27H32O2/c1-26(2)13-14-27(3,4)24-17-22(11-12-23(24)26)21-10-7-19(16-21)15-18-5-8-20(9-6-18)25(28)29/h5-6,8-9,11-12,15,17,21H,7,10,13-14,16H2,1-4H3,(H,28,29)/b19-15-. The summed E-state index contributed by atoms with van der Waals surface area (Å²) in [6, 6.07) is 14.5. The predicted molar refractivity (Wildman–Crippen MR) is 120 cm³/mol. The third-order valence-electron chi connectivity index (χ3n) is 7.20. The lowest BCUT2D eigenvalue weighted by molar-refractivity contribution is 0.0697. The van der Waals surface area contributed by atoms with Crippen LogP contribution in [0.5, 0.6) is 0 Å². The van der Waals surface area contributed by atoms with E-state index in [4.69, 9.17) is 5.11 Å². The molecule has 0 amide bonds. The van der Waals surface area contributed by atoms with Crippen molar-refractivity contribution in [3.05, 3.63) is 75.9 Å². The van der Waals surface area contributed by atoms with Crippen LogP contribution in [-0.4, -0.2) is 11.1 Å². The maximum Gasteiger partial charge on any atom is 0.335 e. The molecule has 2 heteroatoms. The Morgan fingerprint density at radius 2 is 1.62 bits per heavy atom. The molecule has 2 aromatic rings. The number of rotatable bonds is 3. The van der Waals surface area contributed by atoms with Gasteiger partial charge in [-0.3, -0.25) is 0 Å². The molecule has 152 valence electrons. The zero-order chi connectivity index (χ0) is 20.8. The number of carboxylic acids is 1. The zero-order valence-electron chi connectivity index (χ0n) is 18.1. The van der Waals surface area contributed by atoms with Crippen molar-refractivity contribution in [3.63, 3.8) is 0 Å². The molecule has 2 aliphatic carbocycles. The molecule has 1 fully saturated rings. The first kappa shape index (κ1) is 19.9. The lowest BCUT2D eigenvalue weighted by Crippen LogP contribution is -2.33. The van der Waals surface area contributed by atoms with Gasteiger partial charge in [0.1, 0.15) is 0 Å². The highest BCUT2D eigenvalue weighted by atomic mass is 16.4. The summed E-state index contributed by atoms with van der Waals surface area (Å²) in [6.45, 7) is 9.55. The van der Waals surface area contributed by atoms with Crippen LogP contribution in [0.15, 0.2) is 48.0 Å². The molecule has 29 heavy (non-hydrogen) atoms. The molecule has 1 N–H and O–H groups in total. The molecule has 2 nitrogen and oxygen atoms in total. The minimum Gasteiger partial charge on any atom is -0.478 e. The highest BCUT2D eigenvalue weighted by molar-refractivity contribution is 5.87. The van der Waals surface area contributed by atoms with Gasteiger partial charge in [0.05, 0.1) is 5.56 Å². The second-order valence-corrected chi connectivity index (χ2v) is 10.2. The first-order valence-electron chi connectivity index (χ1n) is 10.8. The van der Waals surface area contributed by atoms with Gasteiger partial charge in [0.25, 0.3) is 0 Å². The van der Waals surface area contributed by atoms with Crippen LogP contribution in [0.1, 0.15) is 98.3 Å². The topological polar surface area (TPSA) is 37.3 Å². The molecule has 0 radical (unpaired) electrons. The van der Waals surface area contributed by atoms with Crippen molar-refractivity contribution in [2.45, 2.75) is 76.5 Å². The van der Waals surface area contributed by atoms with Crippen molar-refractivity contribution in [1.82, 2.24) is 0 Å². The quantitative estimate of drug-likeness (QED) is 0.609. The molecule has 1 unspecified atom stereocenters. The van der Waals surface area contributed by atoms with Crippen LogP contribution < -0.4 is 0 Å². The monoisotopic (exact) mass is 388 g/mol. The van der Waals surface area contributed by atoms with Crippen LogP contribution in [0.4, 0.5) is 0 Å². The Hall–Kier alpha value is -2.35. The van der Waals surface area contributed by atoms with E-state index in [9.17, 15) is 4.79 Å². The molecule has 1 atom stereocenters. The molecule has 0 heterocycles. The highest BCUT2D eigenvalue weighted by Crippen LogP contribution is 2.48. The second kappa shape index (κ2) is 7.16. The average molecular weight is 389 g/mol. The van der Waals surface area contributed by atoms with Crippen molar-refractivity contribution in [2.75, 3.05) is 0 Å². The molecule has 0 spiro atoms. The third-order valence-corrected chi connectivity index (χ3v) is 7.20. The summed E-state index contributed by atoms with van der Waals surface area (Å²) in [7, 11) is 0. The van der Waals surface area contributed by atoms with Gasteiger partial charge in [0.15, 0.2) is 0 Å². The van der Waals surface area contributed by atoms with Crippen molar-refractivity contribution < 1.29 is 9.90 Å². The highest BCUT2D eigenvalue weighted by Gasteiger charge is 2.37. The lowest BCUT2D eigenvalue weighted by Gasteiger charge is -2.42. The Balaban J connectivity index is 1.56. The third kappa shape index (κ3) is 3.90. The molecular weight excluding hydrogens is 356 g/mol. The van der Waals surface area contributed by atoms with Crippen LogP contribution in [0.2, 0.25) is 0 Å². The molecule has 2 aliphatic rings. The van der Waals surface area contributed by atoms with Crippen molar-refractivity contribution in [2.24, 2.45) is 0 Å². The van der Waals surface area contributed by atoms with Crippen LogP contribution in [0, 0.1) is 0 Å². The molecular formula is C27H32O2. The first-order valence-corrected chi connectivity index (χ1v) is 10.8. The smallest absolute Gasteiger partial charge is 0.335 e. The zero-order valence-corrected chi connectivity index (χ0v) is 18.1. The normalized spacial score (nSPS) is 23.7. The van der Waals surface area contributed by atoms with E-state index >= 15 is 0 Å². The summed E-state index contributed by atoms with van der Waals surface area (Å²) < 4.78 is 0. The first-order chi connectivity index (χ1) is 13.7.